The summed E-state index contributed by atoms with van der Waals surface area (Å²) < 4.78 is 1.87. The van der Waals surface area contributed by atoms with Gasteiger partial charge in [0.15, 0.2) is 17.3 Å². The van der Waals surface area contributed by atoms with Crippen molar-refractivity contribution < 1.29 is 0 Å². The summed E-state index contributed by atoms with van der Waals surface area (Å²) >= 11 is 0. The van der Waals surface area contributed by atoms with Crippen molar-refractivity contribution in [3.8, 4) is 0 Å². The van der Waals surface area contributed by atoms with E-state index in [9.17, 15) is 0 Å². The topological polar surface area (TPSA) is 75.3 Å². The second-order valence-corrected chi connectivity index (χ2v) is 8.93. The first-order chi connectivity index (χ1) is 13.4. The predicted octanol–water partition coefficient (Wildman–Crippen LogP) is 2.03. The number of hydrogen-bond donors (Lipinski definition) is 0. The summed E-state index contributed by atoms with van der Waals surface area (Å²) in [5, 5.41) is 22.3. The summed E-state index contributed by atoms with van der Waals surface area (Å²) in [6.07, 6.45) is 3.39. The van der Waals surface area contributed by atoms with E-state index in [1.54, 1.807) is 0 Å². The van der Waals surface area contributed by atoms with Crippen LogP contribution in [0.1, 0.15) is 44.3 Å². The maximum atomic E-state index is 4.81. The first-order valence-electron chi connectivity index (χ1n) is 9.96. The number of fused-ring (bicyclic) bond motifs is 2. The molecule has 3 aromatic rings. The van der Waals surface area contributed by atoms with Crippen LogP contribution in [0.4, 0.5) is 11.6 Å². The Morgan fingerprint density at radius 3 is 2.64 bits per heavy atom. The van der Waals surface area contributed by atoms with Crippen LogP contribution in [0.15, 0.2) is 18.2 Å². The largest absolute Gasteiger partial charge is 0.352 e. The van der Waals surface area contributed by atoms with E-state index in [-0.39, 0.29) is 5.41 Å². The van der Waals surface area contributed by atoms with Gasteiger partial charge in [-0.25, -0.2) is 0 Å². The van der Waals surface area contributed by atoms with Gasteiger partial charge in [-0.05, 0) is 43.0 Å². The Hall–Kier alpha value is -2.77. The highest BCUT2D eigenvalue weighted by atomic mass is 15.4. The molecule has 0 N–H and O–H groups in total. The molecular weight excluding hydrogens is 352 g/mol. The molecule has 0 saturated carbocycles. The monoisotopic (exact) mass is 378 g/mol. The predicted molar refractivity (Wildman–Crippen MR) is 108 cm³/mol. The second-order valence-electron chi connectivity index (χ2n) is 8.93. The van der Waals surface area contributed by atoms with Crippen LogP contribution >= 0.6 is 0 Å². The molecule has 3 aromatic heterocycles. The van der Waals surface area contributed by atoms with Gasteiger partial charge in [-0.1, -0.05) is 20.8 Å². The van der Waals surface area contributed by atoms with Gasteiger partial charge in [-0.15, -0.1) is 20.4 Å². The van der Waals surface area contributed by atoms with Crippen LogP contribution < -0.4 is 9.80 Å². The minimum atomic E-state index is -0.102. The van der Waals surface area contributed by atoms with Gasteiger partial charge in [0.2, 0.25) is 0 Å². The Labute approximate surface area is 164 Å². The first-order valence-corrected chi connectivity index (χ1v) is 9.96. The molecular formula is C20H26N8. The molecule has 28 heavy (non-hydrogen) atoms. The maximum absolute atomic E-state index is 4.81. The average Bonchev–Trinajstić information content (AvgIpc) is 3.25. The van der Waals surface area contributed by atoms with Gasteiger partial charge in [-0.2, -0.15) is 9.61 Å². The van der Waals surface area contributed by atoms with Crippen molar-refractivity contribution in [1.82, 2.24) is 30.0 Å². The van der Waals surface area contributed by atoms with Crippen LogP contribution in [0.3, 0.4) is 0 Å². The molecule has 0 radical (unpaired) electrons. The number of aromatic nitrogens is 6. The van der Waals surface area contributed by atoms with Crippen molar-refractivity contribution in [1.29, 1.82) is 0 Å². The molecule has 2 aliphatic rings. The van der Waals surface area contributed by atoms with E-state index in [4.69, 9.17) is 5.10 Å². The summed E-state index contributed by atoms with van der Waals surface area (Å²) in [6, 6.07) is 6.65. The van der Waals surface area contributed by atoms with Crippen LogP contribution in [-0.2, 0) is 18.3 Å². The Morgan fingerprint density at radius 2 is 1.86 bits per heavy atom. The van der Waals surface area contributed by atoms with Crippen LogP contribution in [-0.4, -0.2) is 56.2 Å². The number of nitrogens with zero attached hydrogens (tertiary/aromatic N) is 8. The van der Waals surface area contributed by atoms with Gasteiger partial charge in [0.1, 0.15) is 5.82 Å². The van der Waals surface area contributed by atoms with Gasteiger partial charge in [0.05, 0.1) is 11.7 Å². The van der Waals surface area contributed by atoms with Gasteiger partial charge in [0.25, 0.3) is 0 Å². The van der Waals surface area contributed by atoms with Gasteiger partial charge in [0, 0.05) is 25.6 Å². The van der Waals surface area contributed by atoms with E-state index in [0.717, 1.165) is 49.0 Å². The quantitative estimate of drug-likeness (QED) is 0.690. The van der Waals surface area contributed by atoms with Crippen molar-refractivity contribution >= 4 is 17.3 Å². The zero-order chi connectivity index (χ0) is 19.5. The van der Waals surface area contributed by atoms with Crippen LogP contribution in [0.2, 0.25) is 0 Å². The molecule has 1 fully saturated rings. The third-order valence-corrected chi connectivity index (χ3v) is 5.82. The van der Waals surface area contributed by atoms with Crippen LogP contribution in [0, 0.1) is 0 Å². The lowest BCUT2D eigenvalue weighted by Gasteiger charge is -2.44. The lowest BCUT2D eigenvalue weighted by atomic mass is 9.96. The summed E-state index contributed by atoms with van der Waals surface area (Å²) in [5.41, 5.74) is 3.22. The Balaban J connectivity index is 1.32. The molecule has 146 valence electrons. The third kappa shape index (κ3) is 2.78. The number of aryl methyl sites for hydroxylation is 2. The summed E-state index contributed by atoms with van der Waals surface area (Å²) in [7, 11) is 2.11. The highest BCUT2D eigenvalue weighted by Gasteiger charge is 2.33. The molecule has 5 rings (SSSR count). The van der Waals surface area contributed by atoms with Crippen molar-refractivity contribution in [2.24, 2.45) is 0 Å². The molecule has 8 nitrogen and oxygen atoms in total. The molecule has 0 atom stereocenters. The molecule has 0 bridgehead atoms. The molecule has 4 heterocycles. The molecule has 0 aromatic carbocycles. The van der Waals surface area contributed by atoms with E-state index < -0.39 is 0 Å². The SMILES string of the molecule is CN(c1cc2c(nn1)CCC2)C1CN(c2ccc3nnc(C(C)(C)C)n3n2)C1. The van der Waals surface area contributed by atoms with E-state index in [1.165, 1.54) is 17.7 Å². The Bertz CT molecular complexity index is 1030. The number of likely N-dealkylation sites (N-methyl/N-ethyl adjacent to an activating group) is 1. The summed E-state index contributed by atoms with van der Waals surface area (Å²) in [4.78, 5) is 4.54. The summed E-state index contributed by atoms with van der Waals surface area (Å²) in [5.74, 6) is 2.82. The molecule has 0 spiro atoms. The van der Waals surface area contributed by atoms with E-state index in [0.29, 0.717) is 6.04 Å². The normalized spacial score (nSPS) is 17.1. The third-order valence-electron chi connectivity index (χ3n) is 5.82. The average molecular weight is 378 g/mol. The highest BCUT2D eigenvalue weighted by molar-refractivity contribution is 5.51. The lowest BCUT2D eigenvalue weighted by molar-refractivity contribution is 0.482. The minimum Gasteiger partial charge on any atom is -0.352 e. The van der Waals surface area contributed by atoms with Crippen molar-refractivity contribution in [3.05, 3.63) is 35.3 Å². The van der Waals surface area contributed by atoms with Crippen molar-refractivity contribution in [2.45, 2.75) is 51.5 Å². The lowest BCUT2D eigenvalue weighted by Crippen LogP contribution is -2.59. The fraction of sp³-hybridized carbons (Fsp3) is 0.550. The standard InChI is InChI=1S/C20H26N8/c1-20(2,3)19-24-22-16-8-9-17(25-28(16)19)27-11-14(12-27)26(4)18-10-13-6-5-7-15(13)21-23-18/h8-10,14H,5-7,11-12H2,1-4H3. The first kappa shape index (κ1) is 17.3. The van der Waals surface area contributed by atoms with Gasteiger partial charge >= 0.3 is 0 Å². The smallest absolute Gasteiger partial charge is 0.178 e. The van der Waals surface area contributed by atoms with Crippen LogP contribution in [0.25, 0.3) is 5.65 Å². The number of hydrogen-bond acceptors (Lipinski definition) is 7. The fourth-order valence-corrected chi connectivity index (χ4v) is 3.98. The van der Waals surface area contributed by atoms with E-state index in [2.05, 4.69) is 64.1 Å². The molecule has 0 unspecified atom stereocenters. The van der Waals surface area contributed by atoms with Crippen molar-refractivity contribution in [3.63, 3.8) is 0 Å². The second kappa shape index (κ2) is 6.12. The Morgan fingerprint density at radius 1 is 1.04 bits per heavy atom. The molecule has 1 aliphatic heterocycles. The minimum absolute atomic E-state index is 0.102. The van der Waals surface area contributed by atoms with Crippen LogP contribution in [0.5, 0.6) is 0 Å². The Kier molecular flexibility index (Phi) is 3.79. The molecule has 1 saturated heterocycles. The van der Waals surface area contributed by atoms with Crippen molar-refractivity contribution in [2.75, 3.05) is 29.9 Å². The van der Waals surface area contributed by atoms with E-state index >= 15 is 0 Å². The maximum Gasteiger partial charge on any atom is 0.178 e. The molecule has 0 amide bonds. The molecule has 8 heteroatoms. The zero-order valence-electron chi connectivity index (χ0n) is 16.9. The van der Waals surface area contributed by atoms with E-state index in [1.807, 2.05) is 16.6 Å². The van der Waals surface area contributed by atoms with Gasteiger partial charge < -0.3 is 9.80 Å². The number of rotatable bonds is 3. The summed E-state index contributed by atoms with van der Waals surface area (Å²) in [6.45, 7) is 8.22. The zero-order valence-corrected chi connectivity index (χ0v) is 16.9. The highest BCUT2D eigenvalue weighted by Crippen LogP contribution is 2.28. The fourth-order valence-electron chi connectivity index (χ4n) is 3.98. The van der Waals surface area contributed by atoms with Gasteiger partial charge in [-0.3, -0.25) is 0 Å². The number of anilines is 2. The molecule has 1 aliphatic carbocycles.